The Bertz CT molecular complexity index is 457. The Morgan fingerprint density at radius 3 is 2.89 bits per heavy atom. The number of alkyl halides is 3. The monoisotopic (exact) mass is 332 g/mol. The van der Waals surface area contributed by atoms with Crippen molar-refractivity contribution in [3.8, 4) is 0 Å². The van der Waals surface area contributed by atoms with E-state index in [4.69, 9.17) is 55.7 Å². The molecule has 0 N–H and O–H groups in total. The van der Waals surface area contributed by atoms with Crippen molar-refractivity contribution < 1.29 is 14.1 Å². The summed E-state index contributed by atoms with van der Waals surface area (Å²) in [6.07, 6.45) is -0.0398. The lowest BCUT2D eigenvalue weighted by molar-refractivity contribution is 0.0980. The average molecular weight is 334 g/mol. The van der Waals surface area contributed by atoms with Crippen molar-refractivity contribution in [3.05, 3.63) is 16.5 Å². The number of fused-ring (bicyclic) bond motifs is 1. The molecule has 0 atom stereocenters. The van der Waals surface area contributed by atoms with Gasteiger partial charge in [-0.15, -0.1) is 0 Å². The molecule has 1 amide bonds. The maximum Gasteiger partial charge on any atom is 0.410 e. The third-order valence-corrected chi connectivity index (χ3v) is 3.02. The van der Waals surface area contributed by atoms with Gasteiger partial charge in [0.05, 0.1) is 12.1 Å². The van der Waals surface area contributed by atoms with Gasteiger partial charge in [0.1, 0.15) is 12.4 Å². The van der Waals surface area contributed by atoms with Gasteiger partial charge in [0, 0.05) is 13.0 Å². The minimum atomic E-state index is -1.62. The van der Waals surface area contributed by atoms with Crippen molar-refractivity contribution in [2.45, 2.75) is 16.8 Å². The van der Waals surface area contributed by atoms with E-state index in [0.29, 0.717) is 24.3 Å². The van der Waals surface area contributed by atoms with Crippen LogP contribution in [0.4, 0.5) is 4.79 Å². The first kappa shape index (κ1) is 14.1. The first-order valence-corrected chi connectivity index (χ1v) is 6.49. The molecule has 5 nitrogen and oxygen atoms in total. The number of aromatic nitrogens is 1. The fourth-order valence-electron chi connectivity index (χ4n) is 1.57. The molecule has 0 radical (unpaired) electrons. The predicted molar refractivity (Wildman–Crippen MR) is 67.3 cm³/mol. The molecular weight excluding hydrogens is 326 g/mol. The molecule has 1 aliphatic rings. The maximum absolute atomic E-state index is 11.7. The molecule has 0 spiro atoms. The van der Waals surface area contributed by atoms with Crippen LogP contribution in [0.25, 0.3) is 0 Å². The van der Waals surface area contributed by atoms with E-state index in [-0.39, 0.29) is 18.3 Å². The zero-order valence-electron chi connectivity index (χ0n) is 8.96. The number of nitrogens with zero attached hydrogens (tertiary/aromatic N) is 2. The van der Waals surface area contributed by atoms with Crippen LogP contribution in [0.2, 0.25) is 5.15 Å². The highest BCUT2D eigenvalue weighted by atomic mass is 35.6. The van der Waals surface area contributed by atoms with Gasteiger partial charge in [-0.05, 0) is 0 Å². The van der Waals surface area contributed by atoms with E-state index in [1.165, 1.54) is 4.90 Å². The molecule has 0 aliphatic carbocycles. The summed E-state index contributed by atoms with van der Waals surface area (Å²) in [7, 11) is 0. The molecule has 0 bridgehead atoms. The summed E-state index contributed by atoms with van der Waals surface area (Å²) in [5.74, 6) is 0.686. The summed E-state index contributed by atoms with van der Waals surface area (Å²) in [5.41, 5.74) is 0.689. The molecule has 1 aromatic rings. The van der Waals surface area contributed by atoms with Gasteiger partial charge in [-0.2, -0.15) is 0 Å². The normalized spacial score (nSPS) is 15.4. The van der Waals surface area contributed by atoms with E-state index >= 15 is 0 Å². The van der Waals surface area contributed by atoms with E-state index in [0.717, 1.165) is 0 Å². The van der Waals surface area contributed by atoms with Crippen LogP contribution in [0.3, 0.4) is 0 Å². The Hall–Kier alpha value is -0.360. The second-order valence-corrected chi connectivity index (χ2v) is 6.59. The minimum absolute atomic E-state index is 0.254. The van der Waals surface area contributed by atoms with Crippen LogP contribution in [0.5, 0.6) is 0 Å². The van der Waals surface area contributed by atoms with Gasteiger partial charge in [-0.3, -0.25) is 0 Å². The van der Waals surface area contributed by atoms with Gasteiger partial charge in [-0.25, -0.2) is 4.79 Å². The Morgan fingerprint density at radius 1 is 1.50 bits per heavy atom. The molecule has 1 aliphatic heterocycles. The summed E-state index contributed by atoms with van der Waals surface area (Å²) < 4.78 is 8.26. The zero-order chi connectivity index (χ0) is 13.3. The van der Waals surface area contributed by atoms with Crippen LogP contribution in [-0.2, 0) is 17.7 Å². The summed E-state index contributed by atoms with van der Waals surface area (Å²) in [6, 6.07) is 0. The standard InChI is InChI=1S/C9H8Cl4N2O3/c10-7-5-3-15(2-1-6(5)18-14-7)8(16)17-4-9(11,12)13/h1-4H2. The van der Waals surface area contributed by atoms with Crippen molar-refractivity contribution in [2.75, 3.05) is 13.2 Å². The van der Waals surface area contributed by atoms with Gasteiger partial charge in [-0.1, -0.05) is 51.6 Å². The molecule has 0 saturated heterocycles. The van der Waals surface area contributed by atoms with Gasteiger partial charge in [0.15, 0.2) is 5.15 Å². The molecule has 9 heteroatoms. The largest absolute Gasteiger partial charge is 0.445 e. The van der Waals surface area contributed by atoms with Crippen molar-refractivity contribution in [1.29, 1.82) is 0 Å². The van der Waals surface area contributed by atoms with E-state index in [1.807, 2.05) is 0 Å². The van der Waals surface area contributed by atoms with E-state index in [1.54, 1.807) is 0 Å². The Labute approximate surface area is 123 Å². The third-order valence-electron chi connectivity index (χ3n) is 2.40. The lowest BCUT2D eigenvalue weighted by Gasteiger charge is -2.25. The van der Waals surface area contributed by atoms with Crippen LogP contribution in [0.15, 0.2) is 4.52 Å². The highest BCUT2D eigenvalue weighted by molar-refractivity contribution is 6.67. The van der Waals surface area contributed by atoms with E-state index in [2.05, 4.69) is 5.16 Å². The minimum Gasteiger partial charge on any atom is -0.445 e. The average Bonchev–Trinajstić information content (AvgIpc) is 2.67. The number of hydrogen-bond acceptors (Lipinski definition) is 4. The number of carbonyl (C=O) groups excluding carboxylic acids is 1. The highest BCUT2D eigenvalue weighted by Crippen LogP contribution is 2.28. The summed E-state index contributed by atoms with van der Waals surface area (Å²) in [4.78, 5) is 13.2. The number of carbonyl (C=O) groups is 1. The van der Waals surface area contributed by atoms with E-state index in [9.17, 15) is 4.79 Å². The fraction of sp³-hybridized carbons (Fsp3) is 0.556. The first-order valence-electron chi connectivity index (χ1n) is 4.98. The number of hydrogen-bond donors (Lipinski definition) is 0. The fourth-order valence-corrected chi connectivity index (χ4v) is 1.93. The van der Waals surface area contributed by atoms with Gasteiger partial charge in [0.2, 0.25) is 3.79 Å². The lowest BCUT2D eigenvalue weighted by atomic mass is 10.1. The number of amides is 1. The van der Waals surface area contributed by atoms with Crippen LogP contribution in [-0.4, -0.2) is 33.1 Å². The second kappa shape index (κ2) is 5.33. The highest BCUT2D eigenvalue weighted by Gasteiger charge is 2.29. The number of rotatable bonds is 1. The van der Waals surface area contributed by atoms with E-state index < -0.39 is 9.89 Å². The van der Waals surface area contributed by atoms with Gasteiger partial charge in [0.25, 0.3) is 0 Å². The van der Waals surface area contributed by atoms with Crippen molar-refractivity contribution >= 4 is 52.5 Å². The predicted octanol–water partition coefficient (Wildman–Crippen LogP) is 3.19. The molecule has 100 valence electrons. The van der Waals surface area contributed by atoms with Crippen molar-refractivity contribution in [1.82, 2.24) is 10.1 Å². The molecule has 0 fully saturated rings. The van der Waals surface area contributed by atoms with Crippen molar-refractivity contribution in [3.63, 3.8) is 0 Å². The molecule has 1 aromatic heterocycles. The van der Waals surface area contributed by atoms with Crippen molar-refractivity contribution in [2.24, 2.45) is 0 Å². The van der Waals surface area contributed by atoms with Crippen LogP contribution >= 0.6 is 46.4 Å². The summed E-state index contributed by atoms with van der Waals surface area (Å²) in [6.45, 7) is 0.408. The Morgan fingerprint density at radius 2 is 2.22 bits per heavy atom. The second-order valence-electron chi connectivity index (χ2n) is 3.72. The molecule has 18 heavy (non-hydrogen) atoms. The van der Waals surface area contributed by atoms with Gasteiger partial charge < -0.3 is 14.2 Å². The molecule has 0 saturated carbocycles. The van der Waals surface area contributed by atoms with Crippen LogP contribution in [0.1, 0.15) is 11.3 Å². The SMILES string of the molecule is O=C(OCC(Cl)(Cl)Cl)N1CCc2onc(Cl)c2C1. The van der Waals surface area contributed by atoms with Crippen LogP contribution < -0.4 is 0 Å². The zero-order valence-corrected chi connectivity index (χ0v) is 12.0. The number of ether oxygens (including phenoxy) is 1. The molecule has 0 unspecified atom stereocenters. The number of halogens is 4. The first-order chi connectivity index (χ1) is 8.37. The molecular formula is C9H8Cl4N2O3. The molecule has 0 aromatic carbocycles. The molecule has 2 heterocycles. The maximum atomic E-state index is 11.7. The third kappa shape index (κ3) is 3.35. The molecule has 2 rings (SSSR count). The van der Waals surface area contributed by atoms with Crippen LogP contribution in [0, 0.1) is 0 Å². The quantitative estimate of drug-likeness (QED) is 0.740. The lowest BCUT2D eigenvalue weighted by Crippen LogP contribution is -2.37. The Balaban J connectivity index is 1.96. The smallest absolute Gasteiger partial charge is 0.410 e. The Kier molecular flexibility index (Phi) is 4.16. The van der Waals surface area contributed by atoms with Gasteiger partial charge >= 0.3 is 6.09 Å². The topological polar surface area (TPSA) is 55.6 Å². The summed E-state index contributed by atoms with van der Waals surface area (Å²) >= 11 is 22.3. The summed E-state index contributed by atoms with van der Waals surface area (Å²) in [5, 5.41) is 3.88.